The SMILES string of the molecule is C[C@H]1CC(=O)C=C2CCCC(=O)[C@@]21C. The van der Waals surface area contributed by atoms with Crippen LogP contribution in [0.2, 0.25) is 0 Å². The molecule has 2 aliphatic rings. The zero-order chi connectivity index (χ0) is 10.3. The van der Waals surface area contributed by atoms with Gasteiger partial charge in [-0.1, -0.05) is 12.5 Å². The van der Waals surface area contributed by atoms with E-state index in [1.54, 1.807) is 6.08 Å². The van der Waals surface area contributed by atoms with Gasteiger partial charge in [0, 0.05) is 12.8 Å². The van der Waals surface area contributed by atoms with Gasteiger partial charge in [0.15, 0.2) is 5.78 Å². The maximum absolute atomic E-state index is 11.9. The highest BCUT2D eigenvalue weighted by Crippen LogP contribution is 2.47. The number of allylic oxidation sites excluding steroid dienone is 2. The van der Waals surface area contributed by atoms with Crippen LogP contribution in [-0.2, 0) is 9.59 Å². The molecular formula is C12H16O2. The average molecular weight is 192 g/mol. The molecule has 76 valence electrons. The van der Waals surface area contributed by atoms with Gasteiger partial charge in [0.2, 0.25) is 0 Å². The zero-order valence-electron chi connectivity index (χ0n) is 8.80. The summed E-state index contributed by atoms with van der Waals surface area (Å²) in [5.41, 5.74) is 0.754. The van der Waals surface area contributed by atoms with Crippen LogP contribution < -0.4 is 0 Å². The standard InChI is InChI=1S/C12H16O2/c1-8-6-10(13)7-9-4-3-5-11(14)12(8,9)2/h7-8H,3-6H2,1-2H3/t8-,12+/m0/s1. The number of rotatable bonds is 0. The molecule has 14 heavy (non-hydrogen) atoms. The molecule has 2 rings (SSSR count). The van der Waals surface area contributed by atoms with Crippen LogP contribution in [0.4, 0.5) is 0 Å². The van der Waals surface area contributed by atoms with E-state index in [1.165, 1.54) is 0 Å². The van der Waals surface area contributed by atoms with Crippen molar-refractivity contribution in [2.75, 3.05) is 0 Å². The number of hydrogen-bond donors (Lipinski definition) is 0. The summed E-state index contributed by atoms with van der Waals surface area (Å²) in [6.07, 6.45) is 4.79. The fourth-order valence-corrected chi connectivity index (χ4v) is 2.71. The Morgan fingerprint density at radius 2 is 2.07 bits per heavy atom. The lowest BCUT2D eigenvalue weighted by Gasteiger charge is -2.42. The van der Waals surface area contributed by atoms with E-state index >= 15 is 0 Å². The fraction of sp³-hybridized carbons (Fsp3) is 0.667. The second-order valence-electron chi connectivity index (χ2n) is 4.72. The Morgan fingerprint density at radius 3 is 2.79 bits per heavy atom. The van der Waals surface area contributed by atoms with E-state index in [0.29, 0.717) is 18.6 Å². The first-order chi connectivity index (χ1) is 6.55. The molecule has 0 heterocycles. The van der Waals surface area contributed by atoms with Crippen molar-refractivity contribution in [3.8, 4) is 0 Å². The highest BCUT2D eigenvalue weighted by molar-refractivity contribution is 5.98. The summed E-state index contributed by atoms with van der Waals surface area (Å²) >= 11 is 0. The molecule has 2 atom stereocenters. The van der Waals surface area contributed by atoms with Gasteiger partial charge in [0.05, 0.1) is 5.41 Å². The molecule has 0 aromatic rings. The molecule has 0 bridgehead atoms. The molecule has 0 aromatic carbocycles. The lowest BCUT2D eigenvalue weighted by atomic mass is 9.60. The highest BCUT2D eigenvalue weighted by atomic mass is 16.1. The normalized spacial score (nSPS) is 37.9. The highest BCUT2D eigenvalue weighted by Gasteiger charge is 2.46. The Morgan fingerprint density at radius 1 is 1.36 bits per heavy atom. The molecule has 1 fully saturated rings. The van der Waals surface area contributed by atoms with Gasteiger partial charge in [-0.2, -0.15) is 0 Å². The predicted octanol–water partition coefficient (Wildman–Crippen LogP) is 2.28. The molecule has 0 saturated heterocycles. The van der Waals surface area contributed by atoms with E-state index in [2.05, 4.69) is 0 Å². The van der Waals surface area contributed by atoms with Gasteiger partial charge in [-0.25, -0.2) is 0 Å². The number of Topliss-reactive ketones (excluding diaryl/α,β-unsaturated/α-hetero) is 1. The topological polar surface area (TPSA) is 34.1 Å². The minimum atomic E-state index is -0.327. The maximum Gasteiger partial charge on any atom is 0.155 e. The van der Waals surface area contributed by atoms with E-state index in [-0.39, 0.29) is 17.1 Å². The molecule has 0 radical (unpaired) electrons. The van der Waals surface area contributed by atoms with E-state index in [4.69, 9.17) is 0 Å². The Kier molecular flexibility index (Phi) is 2.09. The van der Waals surface area contributed by atoms with Crippen molar-refractivity contribution in [1.29, 1.82) is 0 Å². The van der Waals surface area contributed by atoms with Crippen LogP contribution in [0.15, 0.2) is 11.6 Å². The Labute approximate surface area is 84.4 Å². The molecular weight excluding hydrogens is 176 g/mol. The van der Waals surface area contributed by atoms with Crippen LogP contribution in [0.25, 0.3) is 0 Å². The summed E-state index contributed by atoms with van der Waals surface area (Å²) in [5, 5.41) is 0. The Balaban J connectivity index is 2.46. The summed E-state index contributed by atoms with van der Waals surface area (Å²) < 4.78 is 0. The van der Waals surface area contributed by atoms with Crippen molar-refractivity contribution in [1.82, 2.24) is 0 Å². The van der Waals surface area contributed by atoms with Gasteiger partial charge in [-0.3, -0.25) is 9.59 Å². The van der Waals surface area contributed by atoms with E-state index in [1.807, 2.05) is 13.8 Å². The lowest BCUT2D eigenvalue weighted by Crippen LogP contribution is -2.42. The molecule has 0 spiro atoms. The van der Waals surface area contributed by atoms with Gasteiger partial charge < -0.3 is 0 Å². The minimum absolute atomic E-state index is 0.183. The second kappa shape index (κ2) is 3.04. The fourth-order valence-electron chi connectivity index (χ4n) is 2.71. The van der Waals surface area contributed by atoms with Gasteiger partial charge in [-0.15, -0.1) is 0 Å². The minimum Gasteiger partial charge on any atom is -0.299 e. The van der Waals surface area contributed by atoms with Crippen molar-refractivity contribution in [2.45, 2.75) is 39.5 Å². The molecule has 0 N–H and O–H groups in total. The number of carbonyl (C=O) groups excluding carboxylic acids is 2. The molecule has 0 aliphatic heterocycles. The van der Waals surface area contributed by atoms with Gasteiger partial charge in [0.1, 0.15) is 5.78 Å². The third kappa shape index (κ3) is 1.17. The largest absolute Gasteiger partial charge is 0.299 e. The third-order valence-corrected chi connectivity index (χ3v) is 3.92. The quantitative estimate of drug-likeness (QED) is 0.590. The molecule has 0 amide bonds. The van der Waals surface area contributed by atoms with Gasteiger partial charge >= 0.3 is 0 Å². The van der Waals surface area contributed by atoms with Crippen molar-refractivity contribution >= 4 is 11.6 Å². The number of ketones is 2. The van der Waals surface area contributed by atoms with Crippen LogP contribution in [-0.4, -0.2) is 11.6 Å². The summed E-state index contributed by atoms with van der Waals surface area (Å²) in [5.74, 6) is 0.706. The Hall–Kier alpha value is -0.920. The van der Waals surface area contributed by atoms with Gasteiger partial charge in [-0.05, 0) is 31.8 Å². The Bertz CT molecular complexity index is 327. The number of fused-ring (bicyclic) bond motifs is 1. The lowest BCUT2D eigenvalue weighted by molar-refractivity contribution is -0.131. The summed E-state index contributed by atoms with van der Waals surface area (Å²) in [6, 6.07) is 0. The summed E-state index contributed by atoms with van der Waals surface area (Å²) in [7, 11) is 0. The van der Waals surface area contributed by atoms with Crippen LogP contribution in [0.3, 0.4) is 0 Å². The number of hydrogen-bond acceptors (Lipinski definition) is 2. The van der Waals surface area contributed by atoms with Crippen molar-refractivity contribution < 1.29 is 9.59 Å². The van der Waals surface area contributed by atoms with Crippen molar-refractivity contribution in [3.63, 3.8) is 0 Å². The van der Waals surface area contributed by atoms with Crippen molar-refractivity contribution in [2.24, 2.45) is 11.3 Å². The van der Waals surface area contributed by atoms with Crippen molar-refractivity contribution in [3.05, 3.63) is 11.6 Å². The maximum atomic E-state index is 11.9. The van der Waals surface area contributed by atoms with Crippen LogP contribution >= 0.6 is 0 Å². The van der Waals surface area contributed by atoms with E-state index < -0.39 is 0 Å². The molecule has 2 heteroatoms. The molecule has 2 nitrogen and oxygen atoms in total. The molecule has 2 aliphatic carbocycles. The van der Waals surface area contributed by atoms with Gasteiger partial charge in [0.25, 0.3) is 0 Å². The second-order valence-corrected chi connectivity index (χ2v) is 4.72. The monoisotopic (exact) mass is 192 g/mol. The molecule has 0 aromatic heterocycles. The van der Waals surface area contributed by atoms with E-state index in [0.717, 1.165) is 18.4 Å². The van der Waals surface area contributed by atoms with E-state index in [9.17, 15) is 9.59 Å². The van der Waals surface area contributed by atoms with Crippen LogP contribution in [0.1, 0.15) is 39.5 Å². The smallest absolute Gasteiger partial charge is 0.155 e. The molecule has 1 saturated carbocycles. The predicted molar refractivity (Wildman–Crippen MR) is 53.8 cm³/mol. The zero-order valence-corrected chi connectivity index (χ0v) is 8.80. The third-order valence-electron chi connectivity index (χ3n) is 3.92. The summed E-state index contributed by atoms with van der Waals surface area (Å²) in [6.45, 7) is 4.03. The average Bonchev–Trinajstić information content (AvgIpc) is 2.11. The summed E-state index contributed by atoms with van der Waals surface area (Å²) in [4.78, 5) is 23.3. The first-order valence-electron chi connectivity index (χ1n) is 5.32. The first-order valence-corrected chi connectivity index (χ1v) is 5.32. The van der Waals surface area contributed by atoms with Crippen LogP contribution in [0.5, 0.6) is 0 Å². The first kappa shape index (κ1) is 9.63. The van der Waals surface area contributed by atoms with Crippen LogP contribution in [0, 0.1) is 11.3 Å². The number of carbonyl (C=O) groups is 2. The molecule has 0 unspecified atom stereocenters.